The summed E-state index contributed by atoms with van der Waals surface area (Å²) in [7, 11) is 0. The van der Waals surface area contributed by atoms with Crippen LogP contribution in [0.25, 0.3) is 11.1 Å². The van der Waals surface area contributed by atoms with E-state index in [2.05, 4.69) is 22.9 Å². The third-order valence-electron chi connectivity index (χ3n) is 5.40. The molecule has 1 amide bonds. The van der Waals surface area contributed by atoms with Gasteiger partial charge in [-0.1, -0.05) is 13.0 Å². The first kappa shape index (κ1) is 23.4. The molecule has 0 spiro atoms. The van der Waals surface area contributed by atoms with Crippen LogP contribution in [0.3, 0.4) is 0 Å². The van der Waals surface area contributed by atoms with Gasteiger partial charge in [0.05, 0.1) is 17.9 Å². The van der Waals surface area contributed by atoms with Crippen LogP contribution in [0.4, 0.5) is 10.5 Å². The van der Waals surface area contributed by atoms with Crippen molar-refractivity contribution in [3.05, 3.63) is 42.1 Å². The van der Waals surface area contributed by atoms with E-state index in [4.69, 9.17) is 9.47 Å². The Hall–Kier alpha value is -3.27. The number of amides is 1. The number of ether oxygens (including phenoxy) is 2. The fourth-order valence-corrected chi connectivity index (χ4v) is 3.92. The summed E-state index contributed by atoms with van der Waals surface area (Å²) in [6, 6.07) is 12.2. The fourth-order valence-electron chi connectivity index (χ4n) is 3.92. The summed E-state index contributed by atoms with van der Waals surface area (Å²) in [6.45, 7) is 11.9. The van der Waals surface area contributed by atoms with Crippen molar-refractivity contribution in [1.29, 1.82) is 5.26 Å². The Morgan fingerprint density at radius 1 is 1.25 bits per heavy atom. The van der Waals surface area contributed by atoms with Gasteiger partial charge in [0, 0.05) is 37.4 Å². The van der Waals surface area contributed by atoms with Gasteiger partial charge in [0.25, 0.3) is 0 Å². The number of hydrogen-bond acceptors (Lipinski definition) is 6. The molecule has 0 aliphatic carbocycles. The van der Waals surface area contributed by atoms with Crippen molar-refractivity contribution >= 4 is 11.8 Å². The van der Waals surface area contributed by atoms with Crippen LogP contribution < -0.4 is 9.64 Å². The standard InChI is InChI=1S/C25H32N4O3/c1-6-20-17-28(24(30)32-25(3,4)5)13-14-29(20)22-11-10-18(15-19(22)16-26)21-9-8-12-27-23(21)31-7-2/h8-12,15,20H,6-7,13-14,17H2,1-5H3/t20-/m1/s1. The number of nitrogens with zero attached hydrogens (tertiary/aromatic N) is 4. The number of pyridine rings is 1. The highest BCUT2D eigenvalue weighted by molar-refractivity contribution is 5.75. The van der Waals surface area contributed by atoms with Gasteiger partial charge in [-0.25, -0.2) is 9.78 Å². The highest BCUT2D eigenvalue weighted by Gasteiger charge is 2.32. The summed E-state index contributed by atoms with van der Waals surface area (Å²) in [6.07, 6.45) is 2.26. The fraction of sp³-hybridized carbons (Fsp3) is 0.480. The van der Waals surface area contributed by atoms with E-state index >= 15 is 0 Å². The Balaban J connectivity index is 1.85. The molecule has 170 valence electrons. The van der Waals surface area contributed by atoms with E-state index in [-0.39, 0.29) is 12.1 Å². The predicted octanol–water partition coefficient (Wildman–Crippen LogP) is 4.85. The van der Waals surface area contributed by atoms with Crippen LogP contribution in [-0.4, -0.2) is 53.9 Å². The summed E-state index contributed by atoms with van der Waals surface area (Å²) in [4.78, 5) is 20.9. The molecule has 1 atom stereocenters. The van der Waals surface area contributed by atoms with E-state index in [0.29, 0.717) is 37.7 Å². The molecule has 0 radical (unpaired) electrons. The van der Waals surface area contributed by atoms with Crippen molar-refractivity contribution in [3.63, 3.8) is 0 Å². The predicted molar refractivity (Wildman–Crippen MR) is 125 cm³/mol. The Labute approximate surface area is 190 Å². The SMILES string of the molecule is CCOc1ncccc1-c1ccc(N2CCN(C(=O)OC(C)(C)C)C[C@H]2CC)c(C#N)c1. The second kappa shape index (κ2) is 9.90. The van der Waals surface area contributed by atoms with Crippen LogP contribution in [0.15, 0.2) is 36.5 Å². The summed E-state index contributed by atoms with van der Waals surface area (Å²) >= 11 is 0. The maximum atomic E-state index is 12.5. The first-order chi connectivity index (χ1) is 15.3. The van der Waals surface area contributed by atoms with Gasteiger partial charge in [-0.05, 0) is 63.9 Å². The lowest BCUT2D eigenvalue weighted by atomic mass is 10.0. The zero-order chi connectivity index (χ0) is 23.3. The third-order valence-corrected chi connectivity index (χ3v) is 5.40. The van der Waals surface area contributed by atoms with E-state index in [1.807, 2.05) is 58.0 Å². The van der Waals surface area contributed by atoms with E-state index in [1.165, 1.54) is 0 Å². The van der Waals surface area contributed by atoms with Crippen molar-refractivity contribution in [1.82, 2.24) is 9.88 Å². The van der Waals surface area contributed by atoms with Gasteiger partial charge in [-0.15, -0.1) is 0 Å². The summed E-state index contributed by atoms with van der Waals surface area (Å²) < 4.78 is 11.2. The monoisotopic (exact) mass is 436 g/mol. The molecular weight excluding hydrogens is 404 g/mol. The Kier molecular flexibility index (Phi) is 7.24. The highest BCUT2D eigenvalue weighted by Crippen LogP contribution is 2.33. The highest BCUT2D eigenvalue weighted by atomic mass is 16.6. The van der Waals surface area contributed by atoms with Crippen LogP contribution in [-0.2, 0) is 4.74 Å². The molecule has 0 saturated carbocycles. The van der Waals surface area contributed by atoms with Gasteiger partial charge < -0.3 is 19.3 Å². The lowest BCUT2D eigenvalue weighted by Gasteiger charge is -2.43. The van der Waals surface area contributed by atoms with Crippen LogP contribution in [0.2, 0.25) is 0 Å². The van der Waals surface area contributed by atoms with Crippen LogP contribution in [0.5, 0.6) is 5.88 Å². The zero-order valence-corrected chi connectivity index (χ0v) is 19.6. The smallest absolute Gasteiger partial charge is 0.410 e. The number of carbonyl (C=O) groups excluding carboxylic acids is 1. The van der Waals surface area contributed by atoms with Crippen molar-refractivity contribution in [3.8, 4) is 23.1 Å². The Morgan fingerprint density at radius 3 is 2.69 bits per heavy atom. The first-order valence-corrected chi connectivity index (χ1v) is 11.1. The molecule has 1 aliphatic rings. The maximum Gasteiger partial charge on any atom is 0.410 e. The Bertz CT molecular complexity index is 993. The normalized spacial score (nSPS) is 16.4. The van der Waals surface area contributed by atoms with Gasteiger partial charge in [0.2, 0.25) is 5.88 Å². The lowest BCUT2D eigenvalue weighted by molar-refractivity contribution is 0.0213. The second-order valence-electron chi connectivity index (χ2n) is 8.81. The second-order valence-corrected chi connectivity index (χ2v) is 8.81. The van der Waals surface area contributed by atoms with E-state index < -0.39 is 5.60 Å². The summed E-state index contributed by atoms with van der Waals surface area (Å²) in [5.74, 6) is 0.559. The van der Waals surface area contributed by atoms with Gasteiger partial charge in [0.15, 0.2) is 0 Å². The van der Waals surface area contributed by atoms with E-state index in [0.717, 1.165) is 23.2 Å². The van der Waals surface area contributed by atoms with Crippen molar-refractivity contribution in [2.24, 2.45) is 0 Å². The molecule has 1 fully saturated rings. The number of nitriles is 1. The van der Waals surface area contributed by atoms with Crippen molar-refractivity contribution in [2.75, 3.05) is 31.1 Å². The summed E-state index contributed by atoms with van der Waals surface area (Å²) in [5.41, 5.74) is 2.71. The Morgan fingerprint density at radius 2 is 2.03 bits per heavy atom. The topological polar surface area (TPSA) is 78.7 Å². The number of carbonyl (C=O) groups is 1. The molecule has 1 aromatic heterocycles. The molecule has 7 heteroatoms. The van der Waals surface area contributed by atoms with Crippen LogP contribution >= 0.6 is 0 Å². The molecule has 0 N–H and O–H groups in total. The molecule has 3 rings (SSSR count). The van der Waals surface area contributed by atoms with E-state index in [1.54, 1.807) is 11.1 Å². The largest absolute Gasteiger partial charge is 0.478 e. The number of piperazine rings is 1. The molecule has 1 saturated heterocycles. The number of anilines is 1. The van der Waals surface area contributed by atoms with Gasteiger partial charge in [-0.2, -0.15) is 5.26 Å². The van der Waals surface area contributed by atoms with Crippen molar-refractivity contribution < 1.29 is 14.3 Å². The van der Waals surface area contributed by atoms with Crippen molar-refractivity contribution in [2.45, 2.75) is 52.7 Å². The maximum absolute atomic E-state index is 12.5. The minimum absolute atomic E-state index is 0.103. The van der Waals surface area contributed by atoms with Crippen LogP contribution in [0, 0.1) is 11.3 Å². The molecule has 0 bridgehead atoms. The average molecular weight is 437 g/mol. The number of benzene rings is 1. The third kappa shape index (κ3) is 5.31. The van der Waals surface area contributed by atoms with Gasteiger partial charge in [0.1, 0.15) is 11.7 Å². The molecule has 1 aromatic carbocycles. The summed E-state index contributed by atoms with van der Waals surface area (Å²) in [5, 5.41) is 9.91. The molecule has 7 nitrogen and oxygen atoms in total. The van der Waals surface area contributed by atoms with Gasteiger partial charge in [-0.3, -0.25) is 0 Å². The molecule has 0 unspecified atom stereocenters. The average Bonchev–Trinajstić information content (AvgIpc) is 2.77. The lowest BCUT2D eigenvalue weighted by Crippen LogP contribution is -2.55. The molecular formula is C25H32N4O3. The number of aromatic nitrogens is 1. The molecule has 1 aliphatic heterocycles. The number of rotatable bonds is 5. The molecule has 32 heavy (non-hydrogen) atoms. The minimum Gasteiger partial charge on any atom is -0.478 e. The zero-order valence-electron chi connectivity index (χ0n) is 19.6. The molecule has 2 heterocycles. The molecule has 2 aromatic rings. The quantitative estimate of drug-likeness (QED) is 0.666. The first-order valence-electron chi connectivity index (χ1n) is 11.1. The number of hydrogen-bond donors (Lipinski definition) is 0. The van der Waals surface area contributed by atoms with Gasteiger partial charge >= 0.3 is 6.09 Å². The minimum atomic E-state index is -0.521. The van der Waals surface area contributed by atoms with Crippen LogP contribution in [0.1, 0.15) is 46.6 Å². The van der Waals surface area contributed by atoms with E-state index in [9.17, 15) is 10.1 Å².